The second kappa shape index (κ2) is 4.97. The molecule has 2 rings (SSSR count). The van der Waals surface area contributed by atoms with Crippen molar-refractivity contribution in [2.75, 3.05) is 0 Å². The van der Waals surface area contributed by atoms with Gasteiger partial charge in [0.05, 0.1) is 9.85 Å². The number of aromatic nitrogens is 2. The van der Waals surface area contributed by atoms with E-state index in [-0.39, 0.29) is 11.2 Å². The van der Waals surface area contributed by atoms with Crippen LogP contribution in [-0.2, 0) is 6.42 Å². The fraction of sp³-hybridized carbons (Fsp3) is 0.182. The van der Waals surface area contributed by atoms with Gasteiger partial charge in [-0.25, -0.2) is 9.37 Å². The van der Waals surface area contributed by atoms with Crippen LogP contribution in [0.3, 0.4) is 0 Å². The van der Waals surface area contributed by atoms with Crippen LogP contribution in [0.1, 0.15) is 16.8 Å². The van der Waals surface area contributed by atoms with Crippen LogP contribution in [0.2, 0.25) is 0 Å². The summed E-state index contributed by atoms with van der Waals surface area (Å²) in [5, 5.41) is -0.309. The third kappa shape index (κ3) is 2.44. The van der Waals surface area contributed by atoms with Crippen LogP contribution in [0, 0.1) is 5.82 Å². The first kappa shape index (κ1) is 11.6. The van der Waals surface area contributed by atoms with Crippen LogP contribution in [0.4, 0.5) is 4.39 Å². The lowest BCUT2D eigenvalue weighted by Gasteiger charge is -2.10. The lowest BCUT2D eigenvalue weighted by atomic mass is 10.1. The number of hydrogen-bond donors (Lipinski definition) is 1. The normalized spacial score (nSPS) is 12.7. The van der Waals surface area contributed by atoms with Crippen LogP contribution in [0.5, 0.6) is 0 Å². The molecule has 2 aromatic rings. The highest BCUT2D eigenvalue weighted by atomic mass is 79.9. The van der Waals surface area contributed by atoms with E-state index >= 15 is 0 Å². The van der Waals surface area contributed by atoms with Crippen molar-refractivity contribution < 1.29 is 4.39 Å². The first-order valence-electron chi connectivity index (χ1n) is 4.74. The molecule has 0 aliphatic heterocycles. The van der Waals surface area contributed by atoms with Gasteiger partial charge in [0.1, 0.15) is 11.6 Å². The van der Waals surface area contributed by atoms with Crippen LogP contribution >= 0.6 is 27.5 Å². The van der Waals surface area contributed by atoms with Crippen molar-refractivity contribution in [1.29, 1.82) is 0 Å². The zero-order valence-electron chi connectivity index (χ0n) is 8.25. The molecule has 0 fully saturated rings. The average molecular weight is 304 g/mol. The van der Waals surface area contributed by atoms with E-state index < -0.39 is 0 Å². The van der Waals surface area contributed by atoms with Crippen LogP contribution in [-0.4, -0.2) is 9.97 Å². The Balaban J connectivity index is 2.21. The SMILES string of the molecule is Fc1cccc(C(Cl)Cc2ncc[nH]2)c1Br. The number of imidazole rings is 1. The summed E-state index contributed by atoms with van der Waals surface area (Å²) < 4.78 is 13.7. The summed E-state index contributed by atoms with van der Waals surface area (Å²) in [6, 6.07) is 4.84. The Morgan fingerprint density at radius 1 is 1.50 bits per heavy atom. The van der Waals surface area contributed by atoms with Crippen LogP contribution < -0.4 is 0 Å². The predicted octanol–water partition coefficient (Wildman–Crippen LogP) is 3.83. The molecule has 0 aliphatic carbocycles. The molecule has 1 N–H and O–H groups in total. The molecule has 0 aliphatic rings. The zero-order valence-corrected chi connectivity index (χ0v) is 10.6. The standard InChI is InChI=1S/C11H9BrClFN2/c12-11-7(2-1-3-9(11)14)8(13)6-10-15-4-5-16-10/h1-5,8H,6H2,(H,15,16). The quantitative estimate of drug-likeness (QED) is 0.858. The van der Waals surface area contributed by atoms with Gasteiger partial charge in [-0.05, 0) is 27.6 Å². The van der Waals surface area contributed by atoms with Gasteiger partial charge in [0, 0.05) is 18.8 Å². The number of halogens is 3. The lowest BCUT2D eigenvalue weighted by Crippen LogP contribution is -1.99. The van der Waals surface area contributed by atoms with Gasteiger partial charge in [0.25, 0.3) is 0 Å². The molecule has 1 aromatic carbocycles. The van der Waals surface area contributed by atoms with Crippen molar-refractivity contribution in [2.45, 2.75) is 11.8 Å². The van der Waals surface area contributed by atoms with Gasteiger partial charge in [-0.1, -0.05) is 12.1 Å². The van der Waals surface area contributed by atoms with E-state index in [2.05, 4.69) is 25.9 Å². The van der Waals surface area contributed by atoms with Gasteiger partial charge in [-0.3, -0.25) is 0 Å². The van der Waals surface area contributed by atoms with E-state index in [9.17, 15) is 4.39 Å². The number of aromatic amines is 1. The molecule has 2 nitrogen and oxygen atoms in total. The molecular weight excluding hydrogens is 294 g/mol. The van der Waals surface area contributed by atoms with Crippen molar-refractivity contribution in [1.82, 2.24) is 9.97 Å². The molecule has 0 amide bonds. The number of rotatable bonds is 3. The highest BCUT2D eigenvalue weighted by Gasteiger charge is 2.15. The fourth-order valence-electron chi connectivity index (χ4n) is 1.45. The van der Waals surface area contributed by atoms with E-state index in [1.807, 2.05) is 0 Å². The van der Waals surface area contributed by atoms with Crippen molar-refractivity contribution >= 4 is 27.5 Å². The van der Waals surface area contributed by atoms with Crippen molar-refractivity contribution in [2.24, 2.45) is 0 Å². The molecule has 0 radical (unpaired) electrons. The highest BCUT2D eigenvalue weighted by Crippen LogP contribution is 2.31. The Morgan fingerprint density at radius 2 is 2.31 bits per heavy atom. The van der Waals surface area contributed by atoms with Crippen molar-refractivity contribution in [3.8, 4) is 0 Å². The minimum atomic E-state index is -0.309. The molecule has 84 valence electrons. The first-order valence-corrected chi connectivity index (χ1v) is 5.97. The summed E-state index contributed by atoms with van der Waals surface area (Å²) in [6.07, 6.45) is 3.94. The van der Waals surface area contributed by atoms with E-state index in [4.69, 9.17) is 11.6 Å². The summed E-state index contributed by atoms with van der Waals surface area (Å²) in [6.45, 7) is 0. The number of alkyl halides is 1. The molecule has 0 spiro atoms. The number of nitrogens with zero attached hydrogens (tertiary/aromatic N) is 1. The fourth-order valence-corrected chi connectivity index (χ4v) is 2.45. The van der Waals surface area contributed by atoms with E-state index in [1.54, 1.807) is 24.5 Å². The molecule has 1 atom stereocenters. The Labute approximate surface area is 106 Å². The number of benzene rings is 1. The van der Waals surface area contributed by atoms with Crippen LogP contribution in [0.15, 0.2) is 35.1 Å². The van der Waals surface area contributed by atoms with Gasteiger partial charge < -0.3 is 4.98 Å². The molecule has 0 saturated heterocycles. The second-order valence-corrected chi connectivity index (χ2v) is 4.67. The summed E-state index contributed by atoms with van der Waals surface area (Å²) >= 11 is 9.41. The molecule has 0 bridgehead atoms. The van der Waals surface area contributed by atoms with Crippen molar-refractivity contribution in [3.63, 3.8) is 0 Å². The van der Waals surface area contributed by atoms with E-state index in [0.717, 1.165) is 11.4 Å². The third-order valence-electron chi connectivity index (χ3n) is 2.25. The predicted molar refractivity (Wildman–Crippen MR) is 65.0 cm³/mol. The summed E-state index contributed by atoms with van der Waals surface area (Å²) in [5.41, 5.74) is 0.734. The van der Waals surface area contributed by atoms with Gasteiger partial charge >= 0.3 is 0 Å². The Hall–Kier alpha value is -0.870. The summed E-state index contributed by atoms with van der Waals surface area (Å²) in [7, 11) is 0. The topological polar surface area (TPSA) is 28.7 Å². The molecular formula is C11H9BrClFN2. The smallest absolute Gasteiger partial charge is 0.137 e. The maximum atomic E-state index is 13.3. The monoisotopic (exact) mass is 302 g/mol. The molecule has 0 saturated carbocycles. The number of nitrogens with one attached hydrogen (secondary N) is 1. The molecule has 1 unspecified atom stereocenters. The maximum absolute atomic E-state index is 13.3. The number of H-pyrrole nitrogens is 1. The highest BCUT2D eigenvalue weighted by molar-refractivity contribution is 9.10. The Kier molecular flexibility index (Phi) is 3.61. The lowest BCUT2D eigenvalue weighted by molar-refractivity contribution is 0.617. The molecule has 16 heavy (non-hydrogen) atoms. The minimum absolute atomic E-state index is 0.303. The second-order valence-electron chi connectivity index (χ2n) is 3.35. The van der Waals surface area contributed by atoms with E-state index in [0.29, 0.717) is 10.9 Å². The summed E-state index contributed by atoms with van der Waals surface area (Å²) in [4.78, 5) is 7.05. The first-order chi connectivity index (χ1) is 7.68. The van der Waals surface area contributed by atoms with E-state index in [1.165, 1.54) is 6.07 Å². The largest absolute Gasteiger partial charge is 0.349 e. The maximum Gasteiger partial charge on any atom is 0.137 e. The zero-order chi connectivity index (χ0) is 11.5. The minimum Gasteiger partial charge on any atom is -0.349 e. The van der Waals surface area contributed by atoms with Gasteiger partial charge in [-0.15, -0.1) is 11.6 Å². The summed E-state index contributed by atoms with van der Waals surface area (Å²) in [5.74, 6) is 0.485. The van der Waals surface area contributed by atoms with Gasteiger partial charge in [0.15, 0.2) is 0 Å². The molecule has 1 aromatic heterocycles. The Bertz CT molecular complexity index is 473. The van der Waals surface area contributed by atoms with Gasteiger partial charge in [-0.2, -0.15) is 0 Å². The van der Waals surface area contributed by atoms with Gasteiger partial charge in [0.2, 0.25) is 0 Å². The third-order valence-corrected chi connectivity index (χ3v) is 3.47. The van der Waals surface area contributed by atoms with Crippen LogP contribution in [0.25, 0.3) is 0 Å². The molecule has 5 heteroatoms. The van der Waals surface area contributed by atoms with Crippen molar-refractivity contribution in [3.05, 3.63) is 52.3 Å². The Morgan fingerprint density at radius 3 is 3.00 bits per heavy atom. The average Bonchev–Trinajstić information content (AvgIpc) is 2.74. The molecule has 1 heterocycles. The number of hydrogen-bond acceptors (Lipinski definition) is 1.